The highest BCUT2D eigenvalue weighted by Gasteiger charge is 2.14. The van der Waals surface area contributed by atoms with Gasteiger partial charge in [0.05, 0.1) is 11.0 Å². The van der Waals surface area contributed by atoms with Gasteiger partial charge in [0.25, 0.3) is 0 Å². The van der Waals surface area contributed by atoms with E-state index in [-0.39, 0.29) is 0 Å². The van der Waals surface area contributed by atoms with E-state index in [0.29, 0.717) is 19.0 Å². The van der Waals surface area contributed by atoms with Crippen LogP contribution in [0, 0.1) is 0 Å². The summed E-state index contributed by atoms with van der Waals surface area (Å²) in [6.45, 7) is 1.12. The van der Waals surface area contributed by atoms with Crippen molar-refractivity contribution in [1.82, 2.24) is 0 Å². The van der Waals surface area contributed by atoms with E-state index in [2.05, 4.69) is 10.5 Å². The normalized spacial score (nSPS) is 13.5. The number of benzene rings is 3. The molecule has 0 saturated heterocycles. The number of hydrogen-bond acceptors (Lipinski definition) is 5. The van der Waals surface area contributed by atoms with E-state index in [9.17, 15) is 0 Å². The van der Waals surface area contributed by atoms with Crippen molar-refractivity contribution in [2.75, 3.05) is 18.6 Å². The highest BCUT2D eigenvalue weighted by Crippen LogP contribution is 2.34. The molecule has 0 amide bonds. The standard InChI is InChI=1S/C23H18N2O3/c1-2-6-17(7-3-1)24-25-19-15-22(28-20-9-5-4-8-18(19)20)16-10-11-21-23(14-16)27-13-12-26-21/h1-11,14-15,24H,12-13H2. The fourth-order valence-corrected chi connectivity index (χ4v) is 3.19. The lowest BCUT2D eigenvalue weighted by Crippen LogP contribution is -2.15. The zero-order chi connectivity index (χ0) is 18.8. The maximum Gasteiger partial charge on any atom is 0.162 e. The molecule has 2 heterocycles. The van der Waals surface area contributed by atoms with Crippen molar-refractivity contribution in [2.45, 2.75) is 0 Å². The van der Waals surface area contributed by atoms with Crippen LogP contribution in [0.15, 0.2) is 88.4 Å². The van der Waals surface area contributed by atoms with E-state index < -0.39 is 0 Å². The van der Waals surface area contributed by atoms with E-state index in [1.165, 1.54) is 0 Å². The van der Waals surface area contributed by atoms with Crippen molar-refractivity contribution in [3.05, 3.63) is 84.2 Å². The Balaban J connectivity index is 1.62. The number of hydrogen-bond donors (Lipinski definition) is 1. The molecule has 138 valence electrons. The fraction of sp³-hybridized carbons (Fsp3) is 0.0870. The second-order valence-electron chi connectivity index (χ2n) is 6.44. The molecule has 28 heavy (non-hydrogen) atoms. The molecular weight excluding hydrogens is 352 g/mol. The number of rotatable bonds is 3. The summed E-state index contributed by atoms with van der Waals surface area (Å²) in [4.78, 5) is 0. The van der Waals surface area contributed by atoms with Gasteiger partial charge in [0, 0.05) is 17.0 Å². The topological polar surface area (TPSA) is 56.0 Å². The van der Waals surface area contributed by atoms with Crippen LogP contribution in [0.1, 0.15) is 0 Å². The zero-order valence-electron chi connectivity index (χ0n) is 15.1. The average molecular weight is 370 g/mol. The second-order valence-corrected chi connectivity index (χ2v) is 6.44. The van der Waals surface area contributed by atoms with Gasteiger partial charge >= 0.3 is 0 Å². The summed E-state index contributed by atoms with van der Waals surface area (Å²) in [7, 11) is 0. The van der Waals surface area contributed by atoms with E-state index in [1.807, 2.05) is 78.9 Å². The predicted molar refractivity (Wildman–Crippen MR) is 108 cm³/mol. The first-order valence-electron chi connectivity index (χ1n) is 9.14. The maximum absolute atomic E-state index is 6.15. The van der Waals surface area contributed by atoms with Crippen molar-refractivity contribution >= 4 is 16.7 Å². The molecule has 0 saturated carbocycles. The van der Waals surface area contributed by atoms with Crippen molar-refractivity contribution in [3.63, 3.8) is 0 Å². The molecule has 0 aliphatic carbocycles. The summed E-state index contributed by atoms with van der Waals surface area (Å²) >= 11 is 0. The van der Waals surface area contributed by atoms with Gasteiger partial charge in [-0.3, -0.25) is 5.43 Å². The minimum absolute atomic E-state index is 0.549. The second kappa shape index (κ2) is 7.12. The molecule has 0 unspecified atom stereocenters. The van der Waals surface area contributed by atoms with Crippen molar-refractivity contribution < 1.29 is 13.9 Å². The molecule has 4 aromatic rings. The number of nitrogens with zero attached hydrogens (tertiary/aromatic N) is 1. The van der Waals surface area contributed by atoms with Gasteiger partial charge in [0.2, 0.25) is 0 Å². The van der Waals surface area contributed by atoms with Gasteiger partial charge in [-0.25, -0.2) is 0 Å². The predicted octanol–water partition coefficient (Wildman–Crippen LogP) is 4.80. The first kappa shape index (κ1) is 16.4. The Labute approximate surface area is 161 Å². The molecule has 1 aliphatic rings. The van der Waals surface area contributed by atoms with E-state index in [1.54, 1.807) is 0 Å². The quantitative estimate of drug-likeness (QED) is 0.527. The van der Waals surface area contributed by atoms with Crippen LogP contribution in [0.4, 0.5) is 5.69 Å². The van der Waals surface area contributed by atoms with Gasteiger partial charge in [-0.2, -0.15) is 5.10 Å². The minimum Gasteiger partial charge on any atom is -0.486 e. The van der Waals surface area contributed by atoms with Crippen LogP contribution < -0.4 is 20.3 Å². The lowest BCUT2D eigenvalue weighted by molar-refractivity contribution is 0.171. The summed E-state index contributed by atoms with van der Waals surface area (Å²) in [5, 5.41) is 6.35. The summed E-state index contributed by atoms with van der Waals surface area (Å²) in [6.07, 6.45) is 0. The molecule has 5 nitrogen and oxygen atoms in total. The molecule has 0 radical (unpaired) electrons. The highest BCUT2D eigenvalue weighted by atomic mass is 16.6. The monoisotopic (exact) mass is 370 g/mol. The van der Waals surface area contributed by atoms with Crippen LogP contribution in [0.3, 0.4) is 0 Å². The smallest absolute Gasteiger partial charge is 0.162 e. The molecular formula is C23H18N2O3. The lowest BCUT2D eigenvalue weighted by Gasteiger charge is -2.18. The molecule has 0 spiro atoms. The number of nitrogens with one attached hydrogen (secondary N) is 1. The number of fused-ring (bicyclic) bond motifs is 2. The van der Waals surface area contributed by atoms with Gasteiger partial charge < -0.3 is 13.9 Å². The van der Waals surface area contributed by atoms with Crippen LogP contribution >= 0.6 is 0 Å². The first-order chi connectivity index (χ1) is 13.9. The first-order valence-corrected chi connectivity index (χ1v) is 9.14. The third-order valence-corrected chi connectivity index (χ3v) is 4.56. The summed E-state index contributed by atoms with van der Waals surface area (Å²) in [6, 6.07) is 25.5. The molecule has 5 heteroatoms. The Kier molecular flexibility index (Phi) is 4.18. The van der Waals surface area contributed by atoms with Gasteiger partial charge in [0.15, 0.2) is 11.5 Å². The Morgan fingerprint density at radius 1 is 0.750 bits per heavy atom. The van der Waals surface area contributed by atoms with Crippen molar-refractivity contribution in [1.29, 1.82) is 0 Å². The van der Waals surface area contributed by atoms with Crippen LogP contribution in [-0.2, 0) is 0 Å². The molecule has 0 bridgehead atoms. The van der Waals surface area contributed by atoms with Gasteiger partial charge in [0.1, 0.15) is 24.6 Å². The summed E-state index contributed by atoms with van der Waals surface area (Å²) < 4.78 is 17.5. The Bertz CT molecular complexity index is 1200. The largest absolute Gasteiger partial charge is 0.486 e. The lowest BCUT2D eigenvalue weighted by atomic mass is 10.1. The number of para-hydroxylation sites is 2. The van der Waals surface area contributed by atoms with E-state index in [0.717, 1.165) is 39.1 Å². The average Bonchev–Trinajstić information content (AvgIpc) is 2.77. The van der Waals surface area contributed by atoms with Crippen LogP contribution in [0.5, 0.6) is 11.5 Å². The van der Waals surface area contributed by atoms with Gasteiger partial charge in [-0.1, -0.05) is 30.3 Å². The Morgan fingerprint density at radius 3 is 2.43 bits per heavy atom. The van der Waals surface area contributed by atoms with E-state index >= 15 is 0 Å². The van der Waals surface area contributed by atoms with Crippen molar-refractivity contribution in [3.8, 4) is 22.8 Å². The summed E-state index contributed by atoms with van der Waals surface area (Å²) in [5.74, 6) is 2.20. The molecule has 3 aromatic carbocycles. The molecule has 1 aromatic heterocycles. The van der Waals surface area contributed by atoms with Crippen LogP contribution in [0.2, 0.25) is 0 Å². The summed E-state index contributed by atoms with van der Waals surface area (Å²) in [5.41, 5.74) is 5.72. The van der Waals surface area contributed by atoms with Gasteiger partial charge in [-0.15, -0.1) is 0 Å². The number of ether oxygens (including phenoxy) is 2. The molecule has 1 aliphatic heterocycles. The van der Waals surface area contributed by atoms with Crippen LogP contribution in [-0.4, -0.2) is 13.2 Å². The van der Waals surface area contributed by atoms with Gasteiger partial charge in [-0.05, 0) is 42.5 Å². The SMILES string of the molecule is c1ccc(NN=c2cc(-c3ccc4c(c3)OCCO4)oc3ccccc23)cc1. The highest BCUT2D eigenvalue weighted by molar-refractivity contribution is 5.78. The fourth-order valence-electron chi connectivity index (χ4n) is 3.19. The minimum atomic E-state index is 0.549. The third-order valence-electron chi connectivity index (χ3n) is 4.56. The molecule has 0 atom stereocenters. The zero-order valence-corrected chi connectivity index (χ0v) is 15.1. The number of anilines is 1. The molecule has 1 N–H and O–H groups in total. The van der Waals surface area contributed by atoms with Crippen LogP contribution in [0.25, 0.3) is 22.3 Å². The maximum atomic E-state index is 6.15. The molecule has 0 fully saturated rings. The van der Waals surface area contributed by atoms with Crippen molar-refractivity contribution in [2.24, 2.45) is 5.10 Å². The Morgan fingerprint density at radius 2 is 1.54 bits per heavy atom. The molecule has 5 rings (SSSR count). The van der Waals surface area contributed by atoms with E-state index in [4.69, 9.17) is 13.9 Å². The Hall–Kier alpha value is -3.73. The third kappa shape index (κ3) is 3.18.